The molecule has 0 saturated carbocycles. The highest BCUT2D eigenvalue weighted by Gasteiger charge is 2.14. The molecule has 2 aromatic heterocycles. The summed E-state index contributed by atoms with van der Waals surface area (Å²) in [6, 6.07) is 0.0254. The third kappa shape index (κ3) is 2.31. The van der Waals surface area contributed by atoms with E-state index in [-0.39, 0.29) is 6.04 Å². The van der Waals surface area contributed by atoms with Crippen molar-refractivity contribution in [3.63, 3.8) is 0 Å². The van der Waals surface area contributed by atoms with Crippen LogP contribution in [0.25, 0.3) is 0 Å². The molecule has 0 spiro atoms. The van der Waals surface area contributed by atoms with E-state index in [2.05, 4.69) is 16.9 Å². The van der Waals surface area contributed by atoms with Gasteiger partial charge in [0, 0.05) is 22.2 Å². The molecule has 0 saturated heterocycles. The average molecular weight is 253 g/mol. The van der Waals surface area contributed by atoms with Gasteiger partial charge in [0.05, 0.1) is 21.9 Å². The van der Waals surface area contributed by atoms with Gasteiger partial charge >= 0.3 is 0 Å². The molecule has 0 aliphatic carbocycles. The van der Waals surface area contributed by atoms with Gasteiger partial charge in [0.15, 0.2) is 0 Å². The van der Waals surface area contributed by atoms with Gasteiger partial charge in [0.25, 0.3) is 0 Å². The number of hydrogen-bond acceptors (Lipinski definition) is 5. The van der Waals surface area contributed by atoms with E-state index in [1.165, 1.54) is 9.75 Å². The zero-order chi connectivity index (χ0) is 11.7. The minimum Gasteiger partial charge on any atom is -0.323 e. The van der Waals surface area contributed by atoms with Gasteiger partial charge in [-0.05, 0) is 20.8 Å². The molecule has 2 rings (SSSR count). The summed E-state index contributed by atoms with van der Waals surface area (Å²) < 4.78 is 0. The van der Waals surface area contributed by atoms with E-state index in [1.807, 2.05) is 19.4 Å². The van der Waals surface area contributed by atoms with E-state index < -0.39 is 0 Å². The van der Waals surface area contributed by atoms with Gasteiger partial charge < -0.3 is 5.73 Å². The second-order valence-corrected chi connectivity index (χ2v) is 6.04. The Labute approximate surface area is 103 Å². The highest BCUT2D eigenvalue weighted by Crippen LogP contribution is 2.25. The third-order valence-corrected chi connectivity index (χ3v) is 4.74. The Kier molecular flexibility index (Phi) is 3.37. The lowest BCUT2D eigenvalue weighted by molar-refractivity contribution is 0.723. The van der Waals surface area contributed by atoms with Gasteiger partial charge in [-0.1, -0.05) is 0 Å². The highest BCUT2D eigenvalue weighted by atomic mass is 32.1. The fraction of sp³-hybridized carbons (Fsp3) is 0.455. The molecule has 1 atom stereocenters. The molecule has 2 aromatic rings. The first kappa shape index (κ1) is 11.7. The average Bonchev–Trinajstić information content (AvgIpc) is 2.74. The van der Waals surface area contributed by atoms with Crippen LogP contribution in [-0.4, -0.2) is 9.97 Å². The Hall–Kier alpha value is -0.780. The Morgan fingerprint density at radius 3 is 2.56 bits per heavy atom. The maximum Gasteiger partial charge on any atom is 0.0950 e. The summed E-state index contributed by atoms with van der Waals surface area (Å²) in [5.74, 6) is 0. The van der Waals surface area contributed by atoms with Crippen molar-refractivity contribution in [3.05, 3.63) is 31.7 Å². The number of thiazole rings is 2. The van der Waals surface area contributed by atoms with Crippen LogP contribution in [0.2, 0.25) is 0 Å². The Morgan fingerprint density at radius 1 is 1.31 bits per heavy atom. The number of nitrogens with two attached hydrogens (primary N) is 1. The monoisotopic (exact) mass is 253 g/mol. The van der Waals surface area contributed by atoms with Gasteiger partial charge in [-0.15, -0.1) is 22.7 Å². The summed E-state index contributed by atoms with van der Waals surface area (Å²) in [5, 5.41) is 1.12. The van der Waals surface area contributed by atoms with Crippen LogP contribution in [0.3, 0.4) is 0 Å². The van der Waals surface area contributed by atoms with Gasteiger partial charge in [-0.25, -0.2) is 9.97 Å². The molecule has 0 fully saturated rings. The second kappa shape index (κ2) is 4.61. The van der Waals surface area contributed by atoms with Crippen LogP contribution in [0.5, 0.6) is 0 Å². The molecule has 1 unspecified atom stereocenters. The van der Waals surface area contributed by atoms with Crippen LogP contribution in [0, 0.1) is 20.8 Å². The summed E-state index contributed by atoms with van der Waals surface area (Å²) in [7, 11) is 0. The predicted molar refractivity (Wildman–Crippen MR) is 69.1 cm³/mol. The minimum absolute atomic E-state index is 0.0254. The first-order valence-corrected chi connectivity index (χ1v) is 6.86. The number of nitrogens with zero attached hydrogens (tertiary/aromatic N) is 2. The lowest BCUT2D eigenvalue weighted by Crippen LogP contribution is -2.12. The third-order valence-electron chi connectivity index (χ3n) is 2.59. The maximum absolute atomic E-state index is 6.17. The van der Waals surface area contributed by atoms with Gasteiger partial charge in [0.2, 0.25) is 0 Å². The van der Waals surface area contributed by atoms with Crippen LogP contribution in [0.15, 0.2) is 5.51 Å². The fourth-order valence-corrected chi connectivity index (χ4v) is 3.37. The fourth-order valence-electron chi connectivity index (χ4n) is 1.57. The maximum atomic E-state index is 6.17. The van der Waals surface area contributed by atoms with E-state index >= 15 is 0 Å². The van der Waals surface area contributed by atoms with Crippen molar-refractivity contribution >= 4 is 22.7 Å². The SMILES string of the molecule is Cc1nc(CC(N)c2scnc2C)sc1C. The Bertz CT molecular complexity index is 468. The summed E-state index contributed by atoms with van der Waals surface area (Å²) in [6.45, 7) is 6.14. The standard InChI is InChI=1S/C11H15N3S2/c1-6-8(3)16-10(14-6)4-9(12)11-7(2)13-5-15-11/h5,9H,4,12H2,1-3H3. The second-order valence-electron chi connectivity index (χ2n) is 3.86. The van der Waals surface area contributed by atoms with Crippen molar-refractivity contribution in [1.29, 1.82) is 0 Å². The normalized spacial score (nSPS) is 13.0. The summed E-state index contributed by atoms with van der Waals surface area (Å²) in [4.78, 5) is 11.2. The summed E-state index contributed by atoms with van der Waals surface area (Å²) >= 11 is 3.37. The molecule has 2 heterocycles. The molecular formula is C11H15N3S2. The Balaban J connectivity index is 2.13. The van der Waals surface area contributed by atoms with E-state index in [0.717, 1.165) is 22.8 Å². The van der Waals surface area contributed by atoms with Crippen molar-refractivity contribution in [2.24, 2.45) is 5.73 Å². The first-order chi connectivity index (χ1) is 7.58. The van der Waals surface area contributed by atoms with Crippen molar-refractivity contribution in [2.75, 3.05) is 0 Å². The first-order valence-electron chi connectivity index (χ1n) is 5.16. The molecule has 16 heavy (non-hydrogen) atoms. The molecule has 0 radical (unpaired) electrons. The van der Waals surface area contributed by atoms with Crippen LogP contribution in [0.4, 0.5) is 0 Å². The van der Waals surface area contributed by atoms with E-state index in [0.29, 0.717) is 0 Å². The molecule has 0 aromatic carbocycles. The molecular weight excluding hydrogens is 238 g/mol. The van der Waals surface area contributed by atoms with Gasteiger partial charge in [0.1, 0.15) is 0 Å². The Morgan fingerprint density at radius 2 is 2.06 bits per heavy atom. The molecule has 0 amide bonds. The van der Waals surface area contributed by atoms with Gasteiger partial charge in [-0.2, -0.15) is 0 Å². The van der Waals surface area contributed by atoms with E-state index in [9.17, 15) is 0 Å². The lowest BCUT2D eigenvalue weighted by atomic mass is 10.1. The van der Waals surface area contributed by atoms with Crippen LogP contribution < -0.4 is 5.73 Å². The molecule has 0 bridgehead atoms. The molecule has 2 N–H and O–H groups in total. The number of aromatic nitrogens is 2. The minimum atomic E-state index is 0.0254. The van der Waals surface area contributed by atoms with Crippen molar-refractivity contribution in [2.45, 2.75) is 33.2 Å². The molecule has 0 aliphatic rings. The van der Waals surface area contributed by atoms with E-state index in [1.54, 1.807) is 22.7 Å². The summed E-state index contributed by atoms with van der Waals surface area (Å²) in [6.07, 6.45) is 0.808. The highest BCUT2D eigenvalue weighted by molar-refractivity contribution is 7.11. The zero-order valence-corrected chi connectivity index (χ0v) is 11.3. The largest absolute Gasteiger partial charge is 0.323 e. The lowest BCUT2D eigenvalue weighted by Gasteiger charge is -2.07. The quantitative estimate of drug-likeness (QED) is 0.915. The number of aryl methyl sites for hydroxylation is 3. The van der Waals surface area contributed by atoms with Crippen LogP contribution >= 0.6 is 22.7 Å². The number of hydrogen-bond donors (Lipinski definition) is 1. The molecule has 86 valence electrons. The van der Waals surface area contributed by atoms with Crippen LogP contribution in [-0.2, 0) is 6.42 Å². The zero-order valence-electron chi connectivity index (χ0n) is 9.65. The molecule has 0 aliphatic heterocycles. The van der Waals surface area contributed by atoms with Gasteiger partial charge in [-0.3, -0.25) is 0 Å². The van der Waals surface area contributed by atoms with Crippen molar-refractivity contribution < 1.29 is 0 Å². The predicted octanol–water partition coefficient (Wildman–Crippen LogP) is 2.77. The summed E-state index contributed by atoms with van der Waals surface area (Å²) in [5.41, 5.74) is 10.2. The van der Waals surface area contributed by atoms with Crippen LogP contribution in [0.1, 0.15) is 32.2 Å². The molecule has 3 nitrogen and oxygen atoms in total. The molecule has 5 heteroatoms. The van der Waals surface area contributed by atoms with E-state index in [4.69, 9.17) is 5.73 Å². The van der Waals surface area contributed by atoms with Crippen molar-refractivity contribution in [3.8, 4) is 0 Å². The topological polar surface area (TPSA) is 51.8 Å². The smallest absolute Gasteiger partial charge is 0.0950 e. The number of rotatable bonds is 3. The van der Waals surface area contributed by atoms with Crippen molar-refractivity contribution in [1.82, 2.24) is 9.97 Å².